The summed E-state index contributed by atoms with van der Waals surface area (Å²) in [5.41, 5.74) is 0.390. The topological polar surface area (TPSA) is 38.3 Å². The van der Waals surface area contributed by atoms with Crippen molar-refractivity contribution in [1.29, 1.82) is 0 Å². The van der Waals surface area contributed by atoms with Gasteiger partial charge in [0.05, 0.1) is 5.56 Å². The number of nitrogens with one attached hydrogen (secondary N) is 1. The number of anilines is 1. The Kier molecular flexibility index (Phi) is 5.64. The summed E-state index contributed by atoms with van der Waals surface area (Å²) in [6.45, 7) is 7.82. The number of halogens is 3. The highest BCUT2D eigenvalue weighted by molar-refractivity contribution is 5.94. The Bertz CT molecular complexity index is 762. The van der Waals surface area contributed by atoms with Gasteiger partial charge in [0, 0.05) is 5.69 Å². The van der Waals surface area contributed by atoms with Crippen LogP contribution in [0.15, 0.2) is 48.5 Å². The molecule has 0 spiro atoms. The second-order valence-electron chi connectivity index (χ2n) is 7.10. The Morgan fingerprint density at radius 1 is 1.00 bits per heavy atom. The van der Waals surface area contributed by atoms with E-state index in [0.717, 1.165) is 17.7 Å². The number of amides is 1. The number of rotatable bonds is 4. The van der Waals surface area contributed by atoms with Crippen molar-refractivity contribution in [3.05, 3.63) is 59.7 Å². The maximum Gasteiger partial charge on any atom is 0.416 e. The van der Waals surface area contributed by atoms with E-state index in [1.807, 2.05) is 12.1 Å². The molecule has 1 unspecified atom stereocenters. The fourth-order valence-electron chi connectivity index (χ4n) is 2.31. The van der Waals surface area contributed by atoms with Gasteiger partial charge in [-0.3, -0.25) is 4.79 Å². The number of carbonyl (C=O) groups is 1. The molecule has 26 heavy (non-hydrogen) atoms. The Labute approximate surface area is 151 Å². The molecule has 6 heteroatoms. The summed E-state index contributed by atoms with van der Waals surface area (Å²) in [6.07, 6.45) is -5.32. The monoisotopic (exact) mass is 365 g/mol. The zero-order valence-electron chi connectivity index (χ0n) is 15.1. The van der Waals surface area contributed by atoms with E-state index in [1.54, 1.807) is 19.1 Å². The lowest BCUT2D eigenvalue weighted by Gasteiger charge is -2.20. The minimum Gasteiger partial charge on any atom is -0.481 e. The molecule has 0 aliphatic carbocycles. The second kappa shape index (κ2) is 7.40. The first-order chi connectivity index (χ1) is 12.0. The van der Waals surface area contributed by atoms with Crippen LogP contribution >= 0.6 is 0 Å². The Morgan fingerprint density at radius 3 is 2.15 bits per heavy atom. The third-order valence-corrected chi connectivity index (χ3v) is 3.86. The van der Waals surface area contributed by atoms with Gasteiger partial charge in [-0.1, -0.05) is 39.0 Å². The fraction of sp³-hybridized carbons (Fsp3) is 0.350. The maximum absolute atomic E-state index is 12.7. The summed E-state index contributed by atoms with van der Waals surface area (Å²) in [5, 5.41) is 2.45. The van der Waals surface area contributed by atoms with Gasteiger partial charge in [0.1, 0.15) is 5.75 Å². The highest BCUT2D eigenvalue weighted by Crippen LogP contribution is 2.30. The average Bonchev–Trinajstić information content (AvgIpc) is 2.54. The van der Waals surface area contributed by atoms with Crippen molar-refractivity contribution in [2.24, 2.45) is 0 Å². The number of carbonyl (C=O) groups excluding carboxylic acids is 1. The molecule has 0 aliphatic heterocycles. The van der Waals surface area contributed by atoms with Crippen molar-refractivity contribution in [3.8, 4) is 5.75 Å². The predicted molar refractivity (Wildman–Crippen MR) is 95.3 cm³/mol. The van der Waals surface area contributed by atoms with Crippen LogP contribution in [0.2, 0.25) is 0 Å². The van der Waals surface area contributed by atoms with Crippen LogP contribution in [0.3, 0.4) is 0 Å². The largest absolute Gasteiger partial charge is 0.481 e. The van der Waals surface area contributed by atoms with Crippen LogP contribution in [0.1, 0.15) is 38.8 Å². The molecule has 1 atom stereocenters. The van der Waals surface area contributed by atoms with Crippen LogP contribution in [0.25, 0.3) is 0 Å². The minimum absolute atomic E-state index is 0.00498. The Hall–Kier alpha value is -2.50. The molecule has 140 valence electrons. The SMILES string of the molecule is CC(Oc1ccc(C(C)(C)C)cc1)C(=O)Nc1cccc(C(F)(F)F)c1. The highest BCUT2D eigenvalue weighted by Gasteiger charge is 2.30. The molecule has 0 aliphatic rings. The van der Waals surface area contributed by atoms with E-state index in [0.29, 0.717) is 5.75 Å². The molecule has 2 rings (SSSR count). The van der Waals surface area contributed by atoms with Gasteiger partial charge in [-0.05, 0) is 48.2 Å². The van der Waals surface area contributed by atoms with Crippen molar-refractivity contribution >= 4 is 11.6 Å². The minimum atomic E-state index is -4.46. The van der Waals surface area contributed by atoms with E-state index >= 15 is 0 Å². The molecule has 0 saturated carbocycles. The molecule has 1 amide bonds. The van der Waals surface area contributed by atoms with Gasteiger partial charge < -0.3 is 10.1 Å². The molecule has 0 heterocycles. The molecule has 0 aromatic heterocycles. The lowest BCUT2D eigenvalue weighted by Crippen LogP contribution is -2.30. The second-order valence-corrected chi connectivity index (χ2v) is 7.10. The summed E-state index contributed by atoms with van der Waals surface area (Å²) in [6, 6.07) is 11.9. The van der Waals surface area contributed by atoms with Gasteiger partial charge in [0.15, 0.2) is 6.10 Å². The first kappa shape index (κ1) is 19.8. The quantitative estimate of drug-likeness (QED) is 0.787. The molecule has 0 saturated heterocycles. The van der Waals surface area contributed by atoms with E-state index in [4.69, 9.17) is 4.74 Å². The smallest absolute Gasteiger partial charge is 0.416 e. The molecule has 1 N–H and O–H groups in total. The average molecular weight is 365 g/mol. The Balaban J connectivity index is 2.02. The fourth-order valence-corrected chi connectivity index (χ4v) is 2.31. The third kappa shape index (κ3) is 5.25. The van der Waals surface area contributed by atoms with Crippen molar-refractivity contribution in [2.45, 2.75) is 45.4 Å². The van der Waals surface area contributed by atoms with E-state index < -0.39 is 23.8 Å². The number of hydrogen-bond acceptors (Lipinski definition) is 2. The molecular formula is C20H22F3NO2. The molecule has 0 radical (unpaired) electrons. The van der Waals surface area contributed by atoms with Gasteiger partial charge in [-0.25, -0.2) is 0 Å². The maximum atomic E-state index is 12.7. The van der Waals surface area contributed by atoms with E-state index in [9.17, 15) is 18.0 Å². The van der Waals surface area contributed by atoms with E-state index in [2.05, 4.69) is 26.1 Å². The molecule has 2 aromatic carbocycles. The standard InChI is InChI=1S/C20H22F3NO2/c1-13(26-17-10-8-14(9-11-17)19(2,3)4)18(25)24-16-7-5-6-15(12-16)20(21,22)23/h5-13H,1-4H3,(H,24,25). The summed E-state index contributed by atoms with van der Waals surface area (Å²) in [5.74, 6) is -0.00563. The van der Waals surface area contributed by atoms with Crippen LogP contribution in [0.4, 0.5) is 18.9 Å². The number of benzene rings is 2. The molecule has 2 aromatic rings. The first-order valence-corrected chi connectivity index (χ1v) is 8.22. The van der Waals surface area contributed by atoms with E-state index in [-0.39, 0.29) is 11.1 Å². The van der Waals surface area contributed by atoms with Crippen LogP contribution in [0, 0.1) is 0 Å². The van der Waals surface area contributed by atoms with Crippen LogP contribution < -0.4 is 10.1 Å². The molecule has 0 bridgehead atoms. The lowest BCUT2D eigenvalue weighted by molar-refractivity contribution is -0.137. The van der Waals surface area contributed by atoms with Crippen LogP contribution in [-0.4, -0.2) is 12.0 Å². The van der Waals surface area contributed by atoms with Crippen molar-refractivity contribution in [3.63, 3.8) is 0 Å². The van der Waals surface area contributed by atoms with Gasteiger partial charge in [-0.2, -0.15) is 13.2 Å². The number of ether oxygens (including phenoxy) is 1. The number of alkyl halides is 3. The van der Waals surface area contributed by atoms with Crippen molar-refractivity contribution in [2.75, 3.05) is 5.32 Å². The summed E-state index contributed by atoms with van der Waals surface area (Å²) < 4.78 is 43.8. The lowest BCUT2D eigenvalue weighted by atomic mass is 9.87. The van der Waals surface area contributed by atoms with Gasteiger partial charge in [-0.15, -0.1) is 0 Å². The number of hydrogen-bond donors (Lipinski definition) is 1. The van der Waals surface area contributed by atoms with E-state index in [1.165, 1.54) is 12.1 Å². The predicted octanol–water partition coefficient (Wildman–Crippen LogP) is 5.41. The first-order valence-electron chi connectivity index (χ1n) is 8.22. The summed E-state index contributed by atoms with van der Waals surface area (Å²) in [7, 11) is 0. The van der Waals surface area contributed by atoms with Crippen LogP contribution in [0.5, 0.6) is 5.75 Å². The molecular weight excluding hydrogens is 343 g/mol. The molecule has 3 nitrogen and oxygen atoms in total. The summed E-state index contributed by atoms with van der Waals surface area (Å²) in [4.78, 5) is 12.2. The summed E-state index contributed by atoms with van der Waals surface area (Å²) >= 11 is 0. The Morgan fingerprint density at radius 2 is 1.62 bits per heavy atom. The zero-order valence-corrected chi connectivity index (χ0v) is 15.1. The third-order valence-electron chi connectivity index (χ3n) is 3.86. The van der Waals surface area contributed by atoms with Gasteiger partial charge in [0.25, 0.3) is 5.91 Å². The van der Waals surface area contributed by atoms with Crippen LogP contribution in [-0.2, 0) is 16.4 Å². The van der Waals surface area contributed by atoms with Gasteiger partial charge >= 0.3 is 6.18 Å². The highest BCUT2D eigenvalue weighted by atomic mass is 19.4. The van der Waals surface area contributed by atoms with Crippen molar-refractivity contribution in [1.82, 2.24) is 0 Å². The molecule has 0 fully saturated rings. The van der Waals surface area contributed by atoms with Crippen molar-refractivity contribution < 1.29 is 22.7 Å². The zero-order chi connectivity index (χ0) is 19.5. The van der Waals surface area contributed by atoms with Gasteiger partial charge in [0.2, 0.25) is 0 Å². The normalized spacial score (nSPS) is 13.2.